The zero-order valence-electron chi connectivity index (χ0n) is 10.8. The Morgan fingerprint density at radius 3 is 2.44 bits per heavy atom. The molecule has 2 fully saturated rings. The quantitative estimate of drug-likeness (QED) is 0.460. The fraction of sp³-hybridized carbons (Fsp3) is 0.923. The number of nitrogens with one attached hydrogen (secondary N) is 1. The van der Waals surface area contributed by atoms with Gasteiger partial charge < -0.3 is 0 Å². The van der Waals surface area contributed by atoms with Gasteiger partial charge in [-0.15, -0.1) is 0 Å². The van der Waals surface area contributed by atoms with E-state index in [2.05, 4.69) is 17.0 Å². The molecule has 0 spiro atoms. The van der Waals surface area contributed by atoms with Gasteiger partial charge in [-0.25, -0.2) is 0 Å². The van der Waals surface area contributed by atoms with E-state index >= 15 is 0 Å². The molecule has 18 heavy (non-hydrogen) atoms. The van der Waals surface area contributed by atoms with Crippen molar-refractivity contribution in [2.24, 2.45) is 5.92 Å². The molecular formula is C13H23NOS2Se. The van der Waals surface area contributed by atoms with Crippen LogP contribution in [0.1, 0.15) is 57.8 Å². The number of thiol groups is 1. The molecule has 0 saturated heterocycles. The van der Waals surface area contributed by atoms with Crippen LogP contribution < -0.4 is 5.32 Å². The molecule has 104 valence electrons. The fourth-order valence-corrected chi connectivity index (χ4v) is 8.23. The zero-order chi connectivity index (χ0) is 12.8. The van der Waals surface area contributed by atoms with Gasteiger partial charge in [0, 0.05) is 0 Å². The third kappa shape index (κ3) is 4.36. The topological polar surface area (TPSA) is 29.1 Å². The van der Waals surface area contributed by atoms with Crippen molar-refractivity contribution in [3.05, 3.63) is 0 Å². The van der Waals surface area contributed by atoms with E-state index in [1.54, 1.807) is 9.21 Å². The molecule has 2 unspecified atom stereocenters. The maximum absolute atomic E-state index is 12.4. The molecule has 5 heteroatoms. The van der Waals surface area contributed by atoms with Crippen LogP contribution in [0.2, 0.25) is 4.82 Å². The number of carbonyl (C=O) groups excluding carboxylic acids is 1. The third-order valence-electron chi connectivity index (χ3n) is 4.16. The summed E-state index contributed by atoms with van der Waals surface area (Å²) in [5.41, 5.74) is 0. The van der Waals surface area contributed by atoms with E-state index in [1.165, 1.54) is 51.4 Å². The average molecular weight is 352 g/mol. The summed E-state index contributed by atoms with van der Waals surface area (Å²) in [6.45, 7) is 0. The van der Waals surface area contributed by atoms with Gasteiger partial charge in [0.1, 0.15) is 0 Å². The molecular weight excluding hydrogens is 329 g/mol. The van der Waals surface area contributed by atoms with Gasteiger partial charge in [0.2, 0.25) is 0 Å². The van der Waals surface area contributed by atoms with Crippen LogP contribution >= 0.6 is 20.9 Å². The van der Waals surface area contributed by atoms with Crippen molar-refractivity contribution < 1.29 is 4.79 Å². The SMILES string of the molecule is O=C(NC1CCCCC1)C1CCCCC1[Se]SS. The van der Waals surface area contributed by atoms with Crippen LogP contribution in [0.4, 0.5) is 0 Å². The van der Waals surface area contributed by atoms with Crippen LogP contribution in [0.3, 0.4) is 0 Å². The Labute approximate surface area is 125 Å². The Morgan fingerprint density at radius 1 is 1.06 bits per heavy atom. The second kappa shape index (κ2) is 8.08. The fourth-order valence-electron chi connectivity index (χ4n) is 3.12. The number of rotatable bonds is 4. The second-order valence-corrected chi connectivity index (χ2v) is 11.5. The molecule has 0 heterocycles. The minimum atomic E-state index is 0.278. The van der Waals surface area contributed by atoms with Gasteiger partial charge in [-0.05, 0) is 0 Å². The zero-order valence-corrected chi connectivity index (χ0v) is 14.2. The molecule has 2 aliphatic rings. The molecule has 0 bridgehead atoms. The first kappa shape index (κ1) is 15.1. The van der Waals surface area contributed by atoms with E-state index in [-0.39, 0.29) is 5.92 Å². The Balaban J connectivity index is 1.84. The Bertz CT molecular complexity index is 270. The summed E-state index contributed by atoms with van der Waals surface area (Å²) in [4.78, 5) is 13.0. The molecule has 2 nitrogen and oxygen atoms in total. The van der Waals surface area contributed by atoms with E-state index in [4.69, 9.17) is 0 Å². The van der Waals surface area contributed by atoms with Crippen LogP contribution in [-0.4, -0.2) is 25.8 Å². The van der Waals surface area contributed by atoms with E-state index in [0.29, 0.717) is 30.6 Å². The van der Waals surface area contributed by atoms with Crippen molar-refractivity contribution in [1.82, 2.24) is 5.32 Å². The van der Waals surface area contributed by atoms with Crippen molar-refractivity contribution in [2.75, 3.05) is 0 Å². The predicted molar refractivity (Wildman–Crippen MR) is 83.1 cm³/mol. The van der Waals surface area contributed by atoms with Gasteiger partial charge in [0.05, 0.1) is 0 Å². The molecule has 1 N–H and O–H groups in total. The molecule has 1 amide bonds. The maximum atomic E-state index is 12.4. The summed E-state index contributed by atoms with van der Waals surface area (Å²) in [5.74, 6) is 0.621. The van der Waals surface area contributed by atoms with Crippen LogP contribution in [0.25, 0.3) is 0 Å². The molecule has 2 rings (SSSR count). The molecule has 0 aliphatic heterocycles. The second-order valence-electron chi connectivity index (χ2n) is 5.44. The van der Waals surface area contributed by atoms with Gasteiger partial charge >= 0.3 is 125 Å². The Hall–Kier alpha value is 0.689. The number of hydrogen-bond donors (Lipinski definition) is 2. The molecule has 0 radical (unpaired) electrons. The van der Waals surface area contributed by atoms with Crippen LogP contribution in [0.15, 0.2) is 0 Å². The summed E-state index contributed by atoms with van der Waals surface area (Å²) >= 11 is 4.74. The van der Waals surface area contributed by atoms with E-state index in [9.17, 15) is 4.79 Å². The molecule has 0 aromatic heterocycles. The first-order valence-electron chi connectivity index (χ1n) is 7.08. The van der Waals surface area contributed by atoms with Gasteiger partial charge in [0.15, 0.2) is 0 Å². The van der Waals surface area contributed by atoms with E-state index in [0.717, 1.165) is 6.42 Å². The van der Waals surface area contributed by atoms with Gasteiger partial charge in [0.25, 0.3) is 0 Å². The summed E-state index contributed by atoms with van der Waals surface area (Å²) in [5, 5.41) is 3.31. The average Bonchev–Trinajstić information content (AvgIpc) is 2.41. The molecule has 2 aliphatic carbocycles. The summed E-state index contributed by atoms with van der Waals surface area (Å²) < 4.78 is 0. The number of hydrogen-bond acceptors (Lipinski definition) is 3. The monoisotopic (exact) mass is 353 g/mol. The normalized spacial score (nSPS) is 30.1. The molecule has 2 atom stereocenters. The Kier molecular flexibility index (Phi) is 6.77. The van der Waals surface area contributed by atoms with Crippen LogP contribution in [0.5, 0.6) is 0 Å². The molecule has 0 aromatic carbocycles. The first-order valence-corrected chi connectivity index (χ1v) is 12.0. The van der Waals surface area contributed by atoms with Crippen molar-refractivity contribution in [3.8, 4) is 0 Å². The number of amides is 1. The predicted octanol–water partition coefficient (Wildman–Crippen LogP) is 3.61. The van der Waals surface area contributed by atoms with E-state index < -0.39 is 0 Å². The third-order valence-corrected chi connectivity index (χ3v) is 9.11. The van der Waals surface area contributed by atoms with E-state index in [1.807, 2.05) is 0 Å². The summed E-state index contributed by atoms with van der Waals surface area (Å²) in [7, 11) is 1.65. The summed E-state index contributed by atoms with van der Waals surface area (Å²) in [6, 6.07) is 0.463. The van der Waals surface area contributed by atoms with Gasteiger partial charge in [-0.1, -0.05) is 0 Å². The molecule has 2 saturated carbocycles. The van der Waals surface area contributed by atoms with Crippen LogP contribution in [-0.2, 0) is 4.79 Å². The minimum absolute atomic E-state index is 0.278. The number of carbonyl (C=O) groups is 1. The van der Waals surface area contributed by atoms with Gasteiger partial charge in [-0.3, -0.25) is 0 Å². The van der Waals surface area contributed by atoms with Crippen molar-refractivity contribution in [1.29, 1.82) is 0 Å². The van der Waals surface area contributed by atoms with Crippen molar-refractivity contribution in [3.63, 3.8) is 0 Å². The van der Waals surface area contributed by atoms with Crippen molar-refractivity contribution in [2.45, 2.75) is 68.6 Å². The van der Waals surface area contributed by atoms with Crippen molar-refractivity contribution >= 4 is 40.6 Å². The first-order chi connectivity index (χ1) is 8.81. The molecule has 0 aromatic rings. The van der Waals surface area contributed by atoms with Gasteiger partial charge in [-0.2, -0.15) is 0 Å². The van der Waals surface area contributed by atoms with Crippen LogP contribution in [0, 0.1) is 5.92 Å². The summed E-state index contributed by atoms with van der Waals surface area (Å²) in [6.07, 6.45) is 11.2. The standard InChI is InChI=1S/C13H23NOS2Se/c15-13(14-10-6-2-1-3-7-10)11-8-4-5-9-12(11)18-17-16/h10-12,16H,1-9H2,(H,14,15). The Morgan fingerprint density at radius 2 is 1.72 bits per heavy atom.